The van der Waals surface area contributed by atoms with Crippen molar-refractivity contribution in [1.82, 2.24) is 15.5 Å². The van der Waals surface area contributed by atoms with Crippen LogP contribution >= 0.6 is 23.2 Å². The van der Waals surface area contributed by atoms with Crippen molar-refractivity contribution in [2.75, 3.05) is 6.54 Å². The van der Waals surface area contributed by atoms with E-state index in [-0.39, 0.29) is 0 Å². The second-order valence-electron chi connectivity index (χ2n) is 4.48. The summed E-state index contributed by atoms with van der Waals surface area (Å²) in [7, 11) is 0. The second-order valence-corrected chi connectivity index (χ2v) is 5.33. The van der Waals surface area contributed by atoms with Crippen molar-refractivity contribution < 1.29 is 4.42 Å². The van der Waals surface area contributed by atoms with E-state index >= 15 is 0 Å². The number of nitrogens with zero attached hydrogens (tertiary/aromatic N) is 2. The van der Waals surface area contributed by atoms with E-state index in [1.165, 1.54) is 0 Å². The zero-order valence-corrected chi connectivity index (χ0v) is 12.3. The van der Waals surface area contributed by atoms with Gasteiger partial charge < -0.3 is 9.73 Å². The molecule has 0 spiro atoms. The quantitative estimate of drug-likeness (QED) is 0.917. The van der Waals surface area contributed by atoms with Gasteiger partial charge in [-0.05, 0) is 18.2 Å². The summed E-state index contributed by atoms with van der Waals surface area (Å²) >= 11 is 11.9. The molecular formula is C13H15Cl2N3O. The van der Waals surface area contributed by atoms with Gasteiger partial charge in [0, 0.05) is 24.0 Å². The Balaban J connectivity index is 2.08. The van der Waals surface area contributed by atoms with Gasteiger partial charge in [0.25, 0.3) is 0 Å². The van der Waals surface area contributed by atoms with Gasteiger partial charge in [0.2, 0.25) is 11.8 Å². The maximum atomic E-state index is 6.09. The first-order valence-corrected chi connectivity index (χ1v) is 6.83. The fourth-order valence-corrected chi connectivity index (χ4v) is 2.08. The van der Waals surface area contributed by atoms with Gasteiger partial charge >= 0.3 is 0 Å². The Morgan fingerprint density at radius 3 is 2.74 bits per heavy atom. The van der Waals surface area contributed by atoms with Crippen molar-refractivity contribution in [3.8, 4) is 11.5 Å². The fraction of sp³-hybridized carbons (Fsp3) is 0.385. The van der Waals surface area contributed by atoms with E-state index in [1.807, 2.05) is 0 Å². The van der Waals surface area contributed by atoms with Gasteiger partial charge in [-0.15, -0.1) is 10.2 Å². The number of hydrogen-bond acceptors (Lipinski definition) is 4. The van der Waals surface area contributed by atoms with Crippen molar-refractivity contribution >= 4 is 23.2 Å². The molecule has 1 aromatic heterocycles. The van der Waals surface area contributed by atoms with Crippen molar-refractivity contribution in [3.63, 3.8) is 0 Å². The third-order valence-electron chi connectivity index (χ3n) is 2.52. The topological polar surface area (TPSA) is 51.0 Å². The molecule has 0 radical (unpaired) electrons. The molecule has 0 aliphatic rings. The number of hydrogen-bond donors (Lipinski definition) is 1. The zero-order chi connectivity index (χ0) is 13.8. The van der Waals surface area contributed by atoms with Gasteiger partial charge in [-0.3, -0.25) is 0 Å². The monoisotopic (exact) mass is 299 g/mol. The fourth-order valence-electron chi connectivity index (χ4n) is 1.59. The third-order valence-corrected chi connectivity index (χ3v) is 3.07. The number of nitrogens with one attached hydrogen (secondary N) is 1. The van der Waals surface area contributed by atoms with Gasteiger partial charge in [-0.1, -0.05) is 37.0 Å². The average molecular weight is 300 g/mol. The second kappa shape index (κ2) is 6.37. The van der Waals surface area contributed by atoms with E-state index < -0.39 is 0 Å². The predicted molar refractivity (Wildman–Crippen MR) is 76.6 cm³/mol. The first kappa shape index (κ1) is 14.3. The summed E-state index contributed by atoms with van der Waals surface area (Å²) in [6.07, 6.45) is 0.691. The lowest BCUT2D eigenvalue weighted by atomic mass is 10.2. The number of rotatable bonds is 5. The van der Waals surface area contributed by atoms with Crippen LogP contribution < -0.4 is 5.32 Å². The molecule has 0 unspecified atom stereocenters. The van der Waals surface area contributed by atoms with Crippen LogP contribution in [0.3, 0.4) is 0 Å². The molecule has 4 nitrogen and oxygen atoms in total. The standard InChI is InChI=1S/C13H15Cl2N3O/c1-8(2)16-6-5-12-17-18-13(19-12)10-4-3-9(14)7-11(10)15/h3-4,7-8,16H,5-6H2,1-2H3. The third kappa shape index (κ3) is 3.93. The van der Waals surface area contributed by atoms with Gasteiger partial charge in [0.1, 0.15) is 0 Å². The predicted octanol–water partition coefficient (Wildman–Crippen LogP) is 3.58. The summed E-state index contributed by atoms with van der Waals surface area (Å²) in [6, 6.07) is 5.61. The van der Waals surface area contributed by atoms with Crippen molar-refractivity contribution in [1.29, 1.82) is 0 Å². The van der Waals surface area contributed by atoms with Crippen molar-refractivity contribution in [2.24, 2.45) is 0 Å². The van der Waals surface area contributed by atoms with Gasteiger partial charge in [0.05, 0.1) is 10.6 Å². The molecule has 6 heteroatoms. The van der Waals surface area contributed by atoms with Gasteiger partial charge in [-0.2, -0.15) is 0 Å². The van der Waals surface area contributed by atoms with E-state index in [0.29, 0.717) is 39.9 Å². The molecule has 1 N–H and O–H groups in total. The number of benzene rings is 1. The molecule has 2 aromatic rings. The maximum absolute atomic E-state index is 6.09. The Hall–Kier alpha value is -1.10. The minimum Gasteiger partial charge on any atom is -0.421 e. The first-order valence-electron chi connectivity index (χ1n) is 6.07. The average Bonchev–Trinajstić information content (AvgIpc) is 2.77. The molecule has 1 aromatic carbocycles. The van der Waals surface area contributed by atoms with Crippen LogP contribution in [-0.4, -0.2) is 22.8 Å². The molecule has 19 heavy (non-hydrogen) atoms. The Bertz CT molecular complexity index is 555. The Kier molecular flexibility index (Phi) is 4.80. The molecule has 1 heterocycles. The largest absolute Gasteiger partial charge is 0.421 e. The van der Waals surface area contributed by atoms with Gasteiger partial charge in [-0.25, -0.2) is 0 Å². The Labute approximate surface area is 122 Å². The molecule has 2 rings (SSSR count). The Morgan fingerprint density at radius 2 is 2.05 bits per heavy atom. The van der Waals surface area contributed by atoms with E-state index in [0.717, 1.165) is 6.54 Å². The summed E-state index contributed by atoms with van der Waals surface area (Å²) in [4.78, 5) is 0. The lowest BCUT2D eigenvalue weighted by Crippen LogP contribution is -2.25. The molecule has 0 aliphatic heterocycles. The van der Waals surface area contributed by atoms with Crippen LogP contribution in [0, 0.1) is 0 Å². The maximum Gasteiger partial charge on any atom is 0.249 e. The smallest absolute Gasteiger partial charge is 0.249 e. The molecule has 0 fully saturated rings. The van der Waals surface area contributed by atoms with Crippen LogP contribution in [0.15, 0.2) is 22.6 Å². The molecule has 0 aliphatic carbocycles. The van der Waals surface area contributed by atoms with E-state index in [4.69, 9.17) is 27.6 Å². The highest BCUT2D eigenvalue weighted by molar-refractivity contribution is 6.36. The van der Waals surface area contributed by atoms with E-state index in [2.05, 4.69) is 29.4 Å². The first-order chi connectivity index (χ1) is 9.06. The Morgan fingerprint density at radius 1 is 1.26 bits per heavy atom. The molecule has 0 saturated carbocycles. The zero-order valence-electron chi connectivity index (χ0n) is 10.8. The van der Waals surface area contributed by atoms with Crippen molar-refractivity contribution in [2.45, 2.75) is 26.3 Å². The lowest BCUT2D eigenvalue weighted by molar-refractivity contribution is 0.484. The number of aromatic nitrogens is 2. The molecule has 0 amide bonds. The highest BCUT2D eigenvalue weighted by atomic mass is 35.5. The minimum absolute atomic E-state index is 0.418. The minimum atomic E-state index is 0.418. The van der Waals surface area contributed by atoms with Crippen LogP contribution in [0.4, 0.5) is 0 Å². The van der Waals surface area contributed by atoms with Crippen LogP contribution in [0.2, 0.25) is 10.0 Å². The summed E-state index contributed by atoms with van der Waals surface area (Å²) in [6.45, 7) is 4.98. The lowest BCUT2D eigenvalue weighted by Gasteiger charge is -2.04. The molecule has 102 valence electrons. The highest BCUT2D eigenvalue weighted by Crippen LogP contribution is 2.29. The highest BCUT2D eigenvalue weighted by Gasteiger charge is 2.12. The van der Waals surface area contributed by atoms with Crippen LogP contribution in [-0.2, 0) is 6.42 Å². The molecule has 0 saturated heterocycles. The summed E-state index contributed by atoms with van der Waals surface area (Å²) < 4.78 is 5.58. The van der Waals surface area contributed by atoms with Crippen LogP contribution in [0.25, 0.3) is 11.5 Å². The van der Waals surface area contributed by atoms with Crippen LogP contribution in [0.1, 0.15) is 19.7 Å². The normalized spacial score (nSPS) is 11.2. The number of halogens is 2. The SMILES string of the molecule is CC(C)NCCc1nnc(-c2ccc(Cl)cc2Cl)o1. The van der Waals surface area contributed by atoms with E-state index in [9.17, 15) is 0 Å². The summed E-state index contributed by atoms with van der Waals surface area (Å²) in [5.74, 6) is 1.01. The summed E-state index contributed by atoms with van der Waals surface area (Å²) in [5.41, 5.74) is 0.696. The van der Waals surface area contributed by atoms with Crippen LogP contribution in [0.5, 0.6) is 0 Å². The van der Waals surface area contributed by atoms with E-state index in [1.54, 1.807) is 18.2 Å². The summed E-state index contributed by atoms with van der Waals surface area (Å²) in [5, 5.41) is 12.4. The van der Waals surface area contributed by atoms with Gasteiger partial charge in [0.15, 0.2) is 0 Å². The van der Waals surface area contributed by atoms with Crippen molar-refractivity contribution in [3.05, 3.63) is 34.1 Å². The molecule has 0 bridgehead atoms. The molecular weight excluding hydrogens is 285 g/mol. The molecule has 0 atom stereocenters.